The number of aliphatic imine (C=N–C) groups is 1. The van der Waals surface area contributed by atoms with E-state index in [-0.39, 0.29) is 0 Å². The van der Waals surface area contributed by atoms with E-state index in [1.807, 2.05) is 11.6 Å². The number of hydrogen-bond acceptors (Lipinski definition) is 5. The van der Waals surface area contributed by atoms with E-state index in [9.17, 15) is 0 Å². The Labute approximate surface area is 178 Å². The number of aromatic nitrogens is 1. The first kappa shape index (κ1) is 20.2. The Bertz CT molecular complexity index is 789. The molecule has 2 saturated heterocycles. The largest absolute Gasteiger partial charge is 0.370 e. The van der Waals surface area contributed by atoms with Crippen LogP contribution in [-0.4, -0.2) is 60.0 Å². The third-order valence-corrected chi connectivity index (χ3v) is 6.82. The van der Waals surface area contributed by atoms with E-state index < -0.39 is 0 Å². The number of nitrogens with zero attached hydrogens (tertiary/aromatic N) is 5. The molecular weight excluding hydrogens is 380 g/mol. The fourth-order valence-electron chi connectivity index (χ4n) is 4.08. The molecule has 0 saturated carbocycles. The fraction of sp³-hybridized carbons (Fsp3) is 0.545. The van der Waals surface area contributed by atoms with Gasteiger partial charge in [-0.15, -0.1) is 11.3 Å². The van der Waals surface area contributed by atoms with E-state index in [2.05, 4.69) is 55.9 Å². The summed E-state index contributed by atoms with van der Waals surface area (Å²) < 4.78 is 0. The Hall–Kier alpha value is -2.12. The van der Waals surface area contributed by atoms with Crippen molar-refractivity contribution >= 4 is 22.4 Å². The van der Waals surface area contributed by atoms with Crippen molar-refractivity contribution in [1.82, 2.24) is 14.8 Å². The van der Waals surface area contributed by atoms with Crippen LogP contribution in [0.5, 0.6) is 0 Å². The molecule has 2 N–H and O–H groups in total. The van der Waals surface area contributed by atoms with Crippen molar-refractivity contribution in [1.29, 1.82) is 0 Å². The maximum Gasteiger partial charge on any atom is 0.191 e. The minimum absolute atomic E-state index is 0.642. The van der Waals surface area contributed by atoms with Crippen molar-refractivity contribution in [2.75, 3.05) is 44.2 Å². The molecule has 2 aliphatic heterocycles. The molecule has 1 aromatic heterocycles. The zero-order valence-electron chi connectivity index (χ0n) is 17.3. The lowest BCUT2D eigenvalue weighted by Gasteiger charge is -2.35. The number of rotatable bonds is 5. The number of piperidine rings is 1. The summed E-state index contributed by atoms with van der Waals surface area (Å²) in [5, 5.41) is 3.12. The van der Waals surface area contributed by atoms with Gasteiger partial charge in [0.05, 0.1) is 6.54 Å². The maximum atomic E-state index is 6.30. The zero-order chi connectivity index (χ0) is 20.1. The number of anilines is 1. The fourth-order valence-corrected chi connectivity index (χ4v) is 4.77. The van der Waals surface area contributed by atoms with Crippen LogP contribution in [0.15, 0.2) is 40.8 Å². The maximum absolute atomic E-state index is 6.30. The number of likely N-dealkylation sites (tertiary alicyclic amines) is 1. The first-order chi connectivity index (χ1) is 14.2. The van der Waals surface area contributed by atoms with Gasteiger partial charge < -0.3 is 15.5 Å². The lowest BCUT2D eigenvalue weighted by Crippen LogP contribution is -2.51. The van der Waals surface area contributed by atoms with Gasteiger partial charge in [0.2, 0.25) is 0 Å². The molecule has 6 nitrogen and oxygen atoms in total. The van der Waals surface area contributed by atoms with Gasteiger partial charge in [0.15, 0.2) is 11.1 Å². The van der Waals surface area contributed by atoms with Gasteiger partial charge in [-0.1, -0.05) is 31.2 Å². The second-order valence-electron chi connectivity index (χ2n) is 8.24. The molecule has 7 heteroatoms. The van der Waals surface area contributed by atoms with Crippen LogP contribution >= 0.6 is 11.3 Å². The van der Waals surface area contributed by atoms with Gasteiger partial charge in [-0.2, -0.15) is 0 Å². The lowest BCUT2D eigenvalue weighted by molar-refractivity contribution is 0.185. The highest BCUT2D eigenvalue weighted by Crippen LogP contribution is 2.20. The summed E-state index contributed by atoms with van der Waals surface area (Å²) in [5.41, 5.74) is 8.91. The number of nitrogens with two attached hydrogens (primary N) is 1. The minimum Gasteiger partial charge on any atom is -0.370 e. The topological polar surface area (TPSA) is 61.0 Å². The van der Waals surface area contributed by atoms with Crippen LogP contribution in [0.1, 0.15) is 30.9 Å². The minimum atomic E-state index is 0.642. The van der Waals surface area contributed by atoms with E-state index in [0.29, 0.717) is 12.5 Å². The Morgan fingerprint density at radius 2 is 1.90 bits per heavy atom. The Morgan fingerprint density at radius 1 is 1.14 bits per heavy atom. The molecule has 0 unspecified atom stereocenters. The Kier molecular flexibility index (Phi) is 6.67. The first-order valence-electron chi connectivity index (χ1n) is 10.7. The highest BCUT2D eigenvalue weighted by Gasteiger charge is 2.20. The van der Waals surface area contributed by atoms with E-state index in [1.165, 1.54) is 37.1 Å². The van der Waals surface area contributed by atoms with Crippen molar-refractivity contribution in [2.24, 2.45) is 16.6 Å². The first-order valence-corrected chi connectivity index (χ1v) is 11.5. The third-order valence-electron chi connectivity index (χ3n) is 5.99. The molecular formula is C22H32N6S. The predicted octanol–water partition coefficient (Wildman–Crippen LogP) is 3.01. The highest BCUT2D eigenvalue weighted by molar-refractivity contribution is 7.13. The molecule has 0 radical (unpaired) electrons. The van der Waals surface area contributed by atoms with Crippen molar-refractivity contribution < 1.29 is 0 Å². The summed E-state index contributed by atoms with van der Waals surface area (Å²) in [7, 11) is 0. The summed E-state index contributed by atoms with van der Waals surface area (Å²) in [5.74, 6) is 1.53. The van der Waals surface area contributed by atoms with Crippen LogP contribution in [0.3, 0.4) is 0 Å². The normalized spacial score (nSPS) is 19.7. The van der Waals surface area contributed by atoms with Crippen LogP contribution in [0.2, 0.25) is 0 Å². The van der Waals surface area contributed by atoms with Gasteiger partial charge >= 0.3 is 0 Å². The average Bonchev–Trinajstić information content (AvgIpc) is 3.29. The molecule has 0 amide bonds. The molecule has 29 heavy (non-hydrogen) atoms. The summed E-state index contributed by atoms with van der Waals surface area (Å²) in [4.78, 5) is 16.1. The molecule has 0 aliphatic carbocycles. The summed E-state index contributed by atoms with van der Waals surface area (Å²) >= 11 is 1.69. The lowest BCUT2D eigenvalue weighted by atomic mass is 9.98. The Balaban J connectivity index is 1.28. The number of hydrogen-bond donors (Lipinski definition) is 1. The molecule has 2 aromatic rings. The molecule has 2 fully saturated rings. The van der Waals surface area contributed by atoms with Gasteiger partial charge in [0.25, 0.3) is 0 Å². The third kappa shape index (κ3) is 5.48. The monoisotopic (exact) mass is 412 g/mol. The van der Waals surface area contributed by atoms with Crippen molar-refractivity contribution in [3.8, 4) is 0 Å². The zero-order valence-corrected chi connectivity index (χ0v) is 18.2. The van der Waals surface area contributed by atoms with E-state index in [4.69, 9.17) is 5.73 Å². The van der Waals surface area contributed by atoms with Gasteiger partial charge in [0, 0.05) is 44.3 Å². The predicted molar refractivity (Wildman–Crippen MR) is 121 cm³/mol. The van der Waals surface area contributed by atoms with Crippen molar-refractivity contribution in [2.45, 2.75) is 32.9 Å². The van der Waals surface area contributed by atoms with E-state index >= 15 is 0 Å². The smallest absolute Gasteiger partial charge is 0.191 e. The quantitative estimate of drug-likeness (QED) is 0.604. The standard InChI is InChI=1S/C22H32N6S/c1-18-5-8-26(9-6-18)17-20-4-2-3-19(15-20)16-25-21(23)27-10-12-28(13-11-27)22-24-7-14-29-22/h2-4,7,14-15,18H,5-6,8-13,16-17H2,1H3,(H2,23,25). The van der Waals surface area contributed by atoms with Gasteiger partial charge in [-0.25, -0.2) is 9.98 Å². The molecule has 0 spiro atoms. The number of guanidine groups is 1. The number of benzene rings is 1. The average molecular weight is 413 g/mol. The summed E-state index contributed by atoms with van der Waals surface area (Å²) in [6.07, 6.45) is 4.49. The molecule has 156 valence electrons. The summed E-state index contributed by atoms with van der Waals surface area (Å²) in [6, 6.07) is 8.82. The molecule has 0 bridgehead atoms. The van der Waals surface area contributed by atoms with E-state index in [0.717, 1.165) is 43.8 Å². The second-order valence-corrected chi connectivity index (χ2v) is 9.11. The van der Waals surface area contributed by atoms with Crippen LogP contribution < -0.4 is 10.6 Å². The molecule has 0 atom stereocenters. The van der Waals surface area contributed by atoms with Gasteiger partial charge in [0.1, 0.15) is 0 Å². The van der Waals surface area contributed by atoms with E-state index in [1.54, 1.807) is 11.3 Å². The number of piperazine rings is 1. The highest BCUT2D eigenvalue weighted by atomic mass is 32.1. The number of thiazole rings is 1. The van der Waals surface area contributed by atoms with Crippen LogP contribution in [-0.2, 0) is 13.1 Å². The van der Waals surface area contributed by atoms with Crippen LogP contribution in [0.25, 0.3) is 0 Å². The second kappa shape index (κ2) is 9.59. The van der Waals surface area contributed by atoms with Crippen molar-refractivity contribution in [3.05, 3.63) is 47.0 Å². The molecule has 2 aliphatic rings. The van der Waals surface area contributed by atoms with Crippen LogP contribution in [0, 0.1) is 5.92 Å². The molecule has 3 heterocycles. The molecule has 4 rings (SSSR count). The SMILES string of the molecule is CC1CCN(Cc2cccc(CN=C(N)N3CCN(c4nccs4)CC3)c2)CC1. The van der Waals surface area contributed by atoms with Gasteiger partial charge in [-0.3, -0.25) is 4.90 Å². The summed E-state index contributed by atoms with van der Waals surface area (Å²) in [6.45, 7) is 10.1. The molecule has 1 aromatic carbocycles. The van der Waals surface area contributed by atoms with Crippen LogP contribution in [0.4, 0.5) is 5.13 Å². The van der Waals surface area contributed by atoms with Gasteiger partial charge in [-0.05, 0) is 43.0 Å². The Morgan fingerprint density at radius 3 is 2.62 bits per heavy atom. The van der Waals surface area contributed by atoms with Crippen molar-refractivity contribution in [3.63, 3.8) is 0 Å².